The molecular weight excluding hydrogens is 410 g/mol. The van der Waals surface area contributed by atoms with Crippen molar-refractivity contribution in [1.82, 2.24) is 10.2 Å². The summed E-state index contributed by atoms with van der Waals surface area (Å²) in [6, 6.07) is 4.83. The third-order valence-electron chi connectivity index (χ3n) is 5.28. The standard InChI is InChI=1S/C21H32ClN3O5/c1-6-21(18(22)8-7-13-24(21)19(26)30-20(2,3)4)23-12-11-15-9-10-16(25(27)28)17(14-15)29-5/h9-10,14,18,23H,6-8,11-13H2,1-5H3/t18-,21?/m0/s1. The van der Waals surface area contributed by atoms with Gasteiger partial charge in [-0.25, -0.2) is 4.79 Å². The largest absolute Gasteiger partial charge is 0.490 e. The first kappa shape index (κ1) is 24.2. The van der Waals surface area contributed by atoms with Crippen molar-refractivity contribution < 1.29 is 19.2 Å². The van der Waals surface area contributed by atoms with E-state index in [1.165, 1.54) is 13.2 Å². The van der Waals surface area contributed by atoms with Gasteiger partial charge in [-0.1, -0.05) is 13.0 Å². The molecule has 168 valence electrons. The molecule has 1 N–H and O–H groups in total. The van der Waals surface area contributed by atoms with Crippen LogP contribution in [0.15, 0.2) is 18.2 Å². The maximum Gasteiger partial charge on any atom is 0.411 e. The highest BCUT2D eigenvalue weighted by Crippen LogP contribution is 2.35. The van der Waals surface area contributed by atoms with Gasteiger partial charge in [0.05, 0.1) is 17.4 Å². The number of halogens is 1. The third-order valence-corrected chi connectivity index (χ3v) is 5.86. The number of amides is 1. The Hall–Kier alpha value is -2.06. The lowest BCUT2D eigenvalue weighted by molar-refractivity contribution is -0.385. The molecule has 1 aromatic rings. The zero-order valence-electron chi connectivity index (χ0n) is 18.4. The van der Waals surface area contributed by atoms with Crippen LogP contribution in [0.3, 0.4) is 0 Å². The van der Waals surface area contributed by atoms with Crippen LogP contribution in [0.1, 0.15) is 52.5 Å². The van der Waals surface area contributed by atoms with Crippen molar-refractivity contribution in [3.05, 3.63) is 33.9 Å². The minimum Gasteiger partial charge on any atom is -0.490 e. The number of nitro benzene ring substituents is 1. The molecule has 2 atom stereocenters. The van der Waals surface area contributed by atoms with Crippen molar-refractivity contribution in [2.75, 3.05) is 20.2 Å². The molecule has 1 fully saturated rings. The zero-order valence-corrected chi connectivity index (χ0v) is 19.1. The number of piperidine rings is 1. The number of benzene rings is 1. The fourth-order valence-corrected chi connectivity index (χ4v) is 4.31. The molecule has 0 aromatic heterocycles. The Morgan fingerprint density at radius 2 is 2.13 bits per heavy atom. The number of ether oxygens (including phenoxy) is 2. The van der Waals surface area contributed by atoms with E-state index in [0.29, 0.717) is 25.9 Å². The fourth-order valence-electron chi connectivity index (χ4n) is 3.80. The molecule has 8 nitrogen and oxygen atoms in total. The van der Waals surface area contributed by atoms with E-state index in [1.807, 2.05) is 27.7 Å². The molecule has 1 saturated heterocycles. The van der Waals surface area contributed by atoms with Gasteiger partial charge in [0.25, 0.3) is 0 Å². The molecule has 0 aliphatic carbocycles. The van der Waals surface area contributed by atoms with Crippen LogP contribution < -0.4 is 10.1 Å². The Bertz CT molecular complexity index is 767. The first-order chi connectivity index (χ1) is 14.0. The number of methoxy groups -OCH3 is 1. The lowest BCUT2D eigenvalue weighted by Gasteiger charge is -2.50. The van der Waals surface area contributed by atoms with Crippen LogP contribution in [0.4, 0.5) is 10.5 Å². The van der Waals surface area contributed by atoms with Gasteiger partial charge in [-0.05, 0) is 58.1 Å². The average molecular weight is 442 g/mol. The van der Waals surface area contributed by atoms with Gasteiger partial charge in [0.15, 0.2) is 5.75 Å². The molecule has 9 heteroatoms. The molecule has 1 amide bonds. The van der Waals surface area contributed by atoms with Crippen molar-refractivity contribution in [2.24, 2.45) is 0 Å². The monoisotopic (exact) mass is 441 g/mol. The summed E-state index contributed by atoms with van der Waals surface area (Å²) in [6.45, 7) is 8.64. The van der Waals surface area contributed by atoms with Crippen molar-refractivity contribution in [1.29, 1.82) is 0 Å². The lowest BCUT2D eigenvalue weighted by atomic mass is 9.91. The van der Waals surface area contributed by atoms with E-state index in [2.05, 4.69) is 5.32 Å². The van der Waals surface area contributed by atoms with Crippen LogP contribution in [0.25, 0.3) is 0 Å². The van der Waals surface area contributed by atoms with Gasteiger partial charge in [0.2, 0.25) is 0 Å². The van der Waals surface area contributed by atoms with Crippen LogP contribution >= 0.6 is 11.6 Å². The second kappa shape index (κ2) is 9.83. The smallest absolute Gasteiger partial charge is 0.411 e. The fraction of sp³-hybridized carbons (Fsp3) is 0.667. The van der Waals surface area contributed by atoms with Gasteiger partial charge in [0.1, 0.15) is 11.3 Å². The number of carbonyl (C=O) groups is 1. The van der Waals surface area contributed by atoms with Crippen molar-refractivity contribution in [2.45, 2.75) is 70.0 Å². The summed E-state index contributed by atoms with van der Waals surface area (Å²) in [6.07, 6.45) is 2.47. The van der Waals surface area contributed by atoms with Gasteiger partial charge in [-0.15, -0.1) is 11.6 Å². The number of alkyl halides is 1. The number of nitrogens with one attached hydrogen (secondary N) is 1. The lowest BCUT2D eigenvalue weighted by Crippen LogP contribution is -2.68. The first-order valence-electron chi connectivity index (χ1n) is 10.2. The molecule has 1 heterocycles. The van der Waals surface area contributed by atoms with Crippen LogP contribution in [0.2, 0.25) is 0 Å². The molecule has 1 aromatic carbocycles. The summed E-state index contributed by atoms with van der Waals surface area (Å²) < 4.78 is 10.8. The molecule has 0 radical (unpaired) electrons. The number of rotatable bonds is 7. The number of nitrogens with zero attached hydrogens (tertiary/aromatic N) is 2. The molecule has 1 unspecified atom stereocenters. The summed E-state index contributed by atoms with van der Waals surface area (Å²) in [5.41, 5.74) is -0.483. The molecule has 2 rings (SSSR count). The van der Waals surface area contributed by atoms with E-state index in [9.17, 15) is 14.9 Å². The van der Waals surface area contributed by atoms with E-state index in [0.717, 1.165) is 18.4 Å². The van der Waals surface area contributed by atoms with Gasteiger partial charge in [-0.2, -0.15) is 0 Å². The highest BCUT2D eigenvalue weighted by atomic mass is 35.5. The Kier molecular flexibility index (Phi) is 7.93. The van der Waals surface area contributed by atoms with E-state index in [-0.39, 0.29) is 22.9 Å². The van der Waals surface area contributed by atoms with Crippen LogP contribution in [-0.4, -0.2) is 52.8 Å². The van der Waals surface area contributed by atoms with Crippen LogP contribution in [0.5, 0.6) is 5.75 Å². The van der Waals surface area contributed by atoms with Gasteiger partial charge >= 0.3 is 11.8 Å². The second-order valence-corrected chi connectivity index (χ2v) is 8.99. The summed E-state index contributed by atoms with van der Waals surface area (Å²) >= 11 is 6.73. The van der Waals surface area contributed by atoms with Crippen LogP contribution in [-0.2, 0) is 11.2 Å². The molecule has 1 aliphatic heterocycles. The Balaban J connectivity index is 2.16. The van der Waals surface area contributed by atoms with E-state index < -0.39 is 16.2 Å². The van der Waals surface area contributed by atoms with Crippen molar-refractivity contribution >= 4 is 23.4 Å². The summed E-state index contributed by atoms with van der Waals surface area (Å²) in [4.78, 5) is 25.2. The zero-order chi connectivity index (χ0) is 22.5. The number of likely N-dealkylation sites (tertiary alicyclic amines) is 1. The second-order valence-electron chi connectivity index (χ2n) is 8.46. The Morgan fingerprint density at radius 1 is 1.43 bits per heavy atom. The summed E-state index contributed by atoms with van der Waals surface area (Å²) in [5.74, 6) is 0.228. The molecule has 0 spiro atoms. The molecule has 0 bridgehead atoms. The normalized spacial score (nSPS) is 21.9. The molecule has 1 aliphatic rings. The van der Waals surface area contributed by atoms with Gasteiger partial charge in [0, 0.05) is 19.2 Å². The van der Waals surface area contributed by atoms with Gasteiger partial charge in [-0.3, -0.25) is 20.3 Å². The first-order valence-corrected chi connectivity index (χ1v) is 10.7. The highest BCUT2D eigenvalue weighted by molar-refractivity contribution is 6.21. The molecule has 30 heavy (non-hydrogen) atoms. The maximum absolute atomic E-state index is 12.9. The average Bonchev–Trinajstić information content (AvgIpc) is 2.67. The SMILES string of the molecule is CCC1(NCCc2ccc([N+](=O)[O-])c(OC)c2)[C@@H](Cl)CCCN1C(=O)OC(C)(C)C. The van der Waals surface area contributed by atoms with E-state index in [4.69, 9.17) is 21.1 Å². The van der Waals surface area contributed by atoms with E-state index >= 15 is 0 Å². The number of hydrogen-bond acceptors (Lipinski definition) is 6. The Morgan fingerprint density at radius 3 is 2.70 bits per heavy atom. The van der Waals surface area contributed by atoms with Crippen LogP contribution in [0, 0.1) is 10.1 Å². The third kappa shape index (κ3) is 5.55. The molecular formula is C21H32ClN3O5. The predicted molar refractivity (Wildman–Crippen MR) is 116 cm³/mol. The number of carbonyl (C=O) groups excluding carboxylic acids is 1. The molecule has 0 saturated carbocycles. The van der Waals surface area contributed by atoms with Crippen molar-refractivity contribution in [3.63, 3.8) is 0 Å². The predicted octanol–water partition coefficient (Wildman–Crippen LogP) is 4.48. The topological polar surface area (TPSA) is 93.9 Å². The quantitative estimate of drug-likeness (QED) is 0.381. The highest BCUT2D eigenvalue weighted by Gasteiger charge is 2.47. The van der Waals surface area contributed by atoms with Gasteiger partial charge < -0.3 is 9.47 Å². The maximum atomic E-state index is 12.9. The minimum absolute atomic E-state index is 0.0663. The van der Waals surface area contributed by atoms with E-state index in [1.54, 1.807) is 17.0 Å². The Labute approximate surface area is 183 Å². The number of nitro groups is 1. The summed E-state index contributed by atoms with van der Waals surface area (Å²) in [7, 11) is 1.41. The minimum atomic E-state index is -0.715. The summed E-state index contributed by atoms with van der Waals surface area (Å²) in [5, 5.41) is 14.3. The van der Waals surface area contributed by atoms with Crippen molar-refractivity contribution in [3.8, 4) is 5.75 Å². The number of hydrogen-bond donors (Lipinski definition) is 1.